The third-order valence-corrected chi connectivity index (χ3v) is 2.58. The molecule has 0 spiro atoms. The molecule has 0 aliphatic heterocycles. The van der Waals surface area contributed by atoms with Crippen molar-refractivity contribution in [1.29, 1.82) is 0 Å². The summed E-state index contributed by atoms with van der Waals surface area (Å²) >= 11 is 0. The molecule has 1 aromatic carbocycles. The van der Waals surface area contributed by atoms with Crippen LogP contribution in [0, 0.1) is 0 Å². The van der Waals surface area contributed by atoms with Crippen molar-refractivity contribution >= 4 is 16.7 Å². The minimum absolute atomic E-state index is 0.00759. The first-order chi connectivity index (χ1) is 7.11. The van der Waals surface area contributed by atoms with Gasteiger partial charge in [-0.3, -0.25) is 4.79 Å². The van der Waals surface area contributed by atoms with Crippen LogP contribution in [0.4, 0.5) is 0 Å². The Bertz CT molecular complexity index is 511. The van der Waals surface area contributed by atoms with Gasteiger partial charge in [0.2, 0.25) is 0 Å². The molecule has 0 unspecified atom stereocenters. The number of carbonyl (C=O) groups excluding carboxylic acids is 1. The van der Waals surface area contributed by atoms with Crippen LogP contribution in [-0.4, -0.2) is 16.4 Å². The van der Waals surface area contributed by atoms with Gasteiger partial charge in [0.05, 0.1) is 6.04 Å². The van der Waals surface area contributed by atoms with Crippen molar-refractivity contribution in [3.05, 3.63) is 36.0 Å². The van der Waals surface area contributed by atoms with Gasteiger partial charge in [0.25, 0.3) is 0 Å². The third kappa shape index (κ3) is 1.55. The van der Waals surface area contributed by atoms with Crippen LogP contribution in [0.5, 0.6) is 0 Å². The van der Waals surface area contributed by atoms with E-state index in [4.69, 9.17) is 5.73 Å². The zero-order chi connectivity index (χ0) is 11.0. The molecule has 15 heavy (non-hydrogen) atoms. The summed E-state index contributed by atoms with van der Waals surface area (Å²) in [6, 6.07) is 7.39. The highest BCUT2D eigenvalue weighted by atomic mass is 16.1. The molecule has 3 heteroatoms. The van der Waals surface area contributed by atoms with Gasteiger partial charge in [-0.05, 0) is 13.0 Å². The monoisotopic (exact) mass is 202 g/mol. The van der Waals surface area contributed by atoms with Crippen LogP contribution in [0.3, 0.4) is 0 Å². The van der Waals surface area contributed by atoms with Gasteiger partial charge in [0, 0.05) is 29.7 Å². The molecule has 1 aromatic heterocycles. The molecule has 1 atom stereocenters. The Balaban J connectivity index is 2.67. The van der Waals surface area contributed by atoms with E-state index in [-0.39, 0.29) is 5.78 Å². The molecule has 2 N–H and O–H groups in total. The van der Waals surface area contributed by atoms with Gasteiger partial charge in [-0.2, -0.15) is 0 Å². The average Bonchev–Trinajstić information content (AvgIpc) is 2.56. The van der Waals surface area contributed by atoms with Gasteiger partial charge in [0.1, 0.15) is 0 Å². The number of nitrogens with two attached hydrogens (primary N) is 1. The van der Waals surface area contributed by atoms with Gasteiger partial charge >= 0.3 is 0 Å². The predicted octanol–water partition coefficient (Wildman–Crippen LogP) is 1.71. The van der Waals surface area contributed by atoms with Crippen molar-refractivity contribution in [2.45, 2.75) is 13.0 Å². The van der Waals surface area contributed by atoms with Gasteiger partial charge < -0.3 is 10.3 Å². The second-order valence-corrected chi connectivity index (χ2v) is 3.82. The highest BCUT2D eigenvalue weighted by Crippen LogP contribution is 2.21. The zero-order valence-electron chi connectivity index (χ0n) is 8.90. The Hall–Kier alpha value is -1.61. The van der Waals surface area contributed by atoms with Crippen molar-refractivity contribution in [2.75, 3.05) is 0 Å². The second kappa shape index (κ2) is 3.51. The number of aryl methyl sites for hydroxylation is 1. The van der Waals surface area contributed by atoms with Crippen LogP contribution in [0.2, 0.25) is 0 Å². The van der Waals surface area contributed by atoms with Crippen LogP contribution >= 0.6 is 0 Å². The number of fused-ring (bicyclic) bond motifs is 1. The molecule has 2 rings (SSSR count). The highest BCUT2D eigenvalue weighted by molar-refractivity contribution is 6.10. The Morgan fingerprint density at radius 3 is 2.73 bits per heavy atom. The lowest BCUT2D eigenvalue weighted by Gasteiger charge is -2.01. The topological polar surface area (TPSA) is 48.0 Å². The van der Waals surface area contributed by atoms with Crippen molar-refractivity contribution in [2.24, 2.45) is 12.8 Å². The second-order valence-electron chi connectivity index (χ2n) is 3.82. The lowest BCUT2D eigenvalue weighted by Crippen LogP contribution is -2.26. The lowest BCUT2D eigenvalue weighted by molar-refractivity contribution is 0.0969. The first-order valence-electron chi connectivity index (χ1n) is 4.95. The number of rotatable bonds is 2. The maximum absolute atomic E-state index is 11.8. The predicted molar refractivity (Wildman–Crippen MR) is 60.9 cm³/mol. The van der Waals surface area contributed by atoms with E-state index in [0.29, 0.717) is 5.56 Å². The number of carbonyl (C=O) groups is 1. The summed E-state index contributed by atoms with van der Waals surface area (Å²) < 4.78 is 1.95. The van der Waals surface area contributed by atoms with E-state index < -0.39 is 6.04 Å². The van der Waals surface area contributed by atoms with Crippen LogP contribution in [0.15, 0.2) is 30.5 Å². The maximum Gasteiger partial charge on any atom is 0.181 e. The molecular formula is C12H14N2O. The molecule has 0 bridgehead atoms. The number of aromatic nitrogens is 1. The summed E-state index contributed by atoms with van der Waals surface area (Å²) in [6.45, 7) is 1.71. The van der Waals surface area contributed by atoms with Gasteiger partial charge in [-0.25, -0.2) is 0 Å². The van der Waals surface area contributed by atoms with E-state index >= 15 is 0 Å². The van der Waals surface area contributed by atoms with Gasteiger partial charge in [-0.1, -0.05) is 18.2 Å². The SMILES string of the molecule is C[C@@H](N)C(=O)c1cn(C)c2ccccc12. The van der Waals surface area contributed by atoms with Crippen LogP contribution in [0.25, 0.3) is 10.9 Å². The Kier molecular flexibility index (Phi) is 2.32. The molecule has 0 aliphatic carbocycles. The maximum atomic E-state index is 11.8. The van der Waals surface area contributed by atoms with Crippen LogP contribution in [0.1, 0.15) is 17.3 Å². The standard InChI is InChI=1S/C12H14N2O/c1-8(13)12(15)10-7-14(2)11-6-4-3-5-9(10)11/h3-8H,13H2,1-2H3/t8-/m1/s1. The van der Waals surface area contributed by atoms with E-state index in [1.54, 1.807) is 6.92 Å². The smallest absolute Gasteiger partial charge is 0.181 e. The molecule has 0 aliphatic rings. The lowest BCUT2D eigenvalue weighted by atomic mass is 10.1. The Labute approximate surface area is 88.5 Å². The minimum Gasteiger partial charge on any atom is -0.350 e. The molecule has 2 aromatic rings. The Morgan fingerprint density at radius 2 is 2.07 bits per heavy atom. The molecule has 3 nitrogen and oxygen atoms in total. The molecule has 0 saturated carbocycles. The summed E-state index contributed by atoms with van der Waals surface area (Å²) in [7, 11) is 1.93. The molecule has 0 radical (unpaired) electrons. The molecule has 1 heterocycles. The number of nitrogens with zero attached hydrogens (tertiary/aromatic N) is 1. The van der Waals surface area contributed by atoms with Gasteiger partial charge in [-0.15, -0.1) is 0 Å². The quantitative estimate of drug-likeness (QED) is 0.753. The number of Topliss-reactive ketones (excluding diaryl/α,β-unsaturated/α-hetero) is 1. The molecular weight excluding hydrogens is 188 g/mol. The fraction of sp³-hybridized carbons (Fsp3) is 0.250. The van der Waals surface area contributed by atoms with E-state index in [2.05, 4.69) is 0 Å². The molecule has 78 valence electrons. The van der Waals surface area contributed by atoms with Gasteiger partial charge in [0.15, 0.2) is 5.78 Å². The fourth-order valence-corrected chi connectivity index (χ4v) is 1.78. The normalized spacial score (nSPS) is 13.0. The zero-order valence-corrected chi connectivity index (χ0v) is 8.90. The summed E-state index contributed by atoms with van der Waals surface area (Å²) in [5.74, 6) is -0.00759. The fourth-order valence-electron chi connectivity index (χ4n) is 1.78. The number of hydrogen-bond acceptors (Lipinski definition) is 2. The van der Waals surface area contributed by atoms with E-state index in [1.165, 1.54) is 0 Å². The minimum atomic E-state index is -0.448. The molecule has 0 fully saturated rings. The number of benzene rings is 1. The largest absolute Gasteiger partial charge is 0.350 e. The van der Waals surface area contributed by atoms with Crippen LogP contribution in [-0.2, 0) is 7.05 Å². The van der Waals surface area contributed by atoms with Crippen molar-refractivity contribution in [3.8, 4) is 0 Å². The third-order valence-electron chi connectivity index (χ3n) is 2.58. The molecule has 0 saturated heterocycles. The van der Waals surface area contributed by atoms with Crippen molar-refractivity contribution in [3.63, 3.8) is 0 Å². The van der Waals surface area contributed by atoms with E-state index in [1.807, 2.05) is 42.1 Å². The molecule has 0 amide bonds. The number of para-hydroxylation sites is 1. The summed E-state index contributed by atoms with van der Waals surface area (Å²) in [4.78, 5) is 11.8. The first-order valence-corrected chi connectivity index (χ1v) is 4.95. The highest BCUT2D eigenvalue weighted by Gasteiger charge is 2.16. The summed E-state index contributed by atoms with van der Waals surface area (Å²) in [6.07, 6.45) is 1.84. The number of ketones is 1. The van der Waals surface area contributed by atoms with Crippen molar-refractivity contribution in [1.82, 2.24) is 4.57 Å². The van der Waals surface area contributed by atoms with E-state index in [0.717, 1.165) is 10.9 Å². The summed E-state index contributed by atoms with van der Waals surface area (Å²) in [5.41, 5.74) is 7.38. The average molecular weight is 202 g/mol. The first kappa shape index (κ1) is 9.93. The number of hydrogen-bond donors (Lipinski definition) is 1. The summed E-state index contributed by atoms with van der Waals surface area (Å²) in [5, 5.41) is 0.974. The Morgan fingerprint density at radius 1 is 1.40 bits per heavy atom. The van der Waals surface area contributed by atoms with E-state index in [9.17, 15) is 4.79 Å². The van der Waals surface area contributed by atoms with Crippen LogP contribution < -0.4 is 5.73 Å². The van der Waals surface area contributed by atoms with Crippen molar-refractivity contribution < 1.29 is 4.79 Å².